The summed E-state index contributed by atoms with van der Waals surface area (Å²) in [6.45, 7) is 0. The highest BCUT2D eigenvalue weighted by Gasteiger charge is 2.19. The Bertz CT molecular complexity index is 1970. The van der Waals surface area contributed by atoms with Gasteiger partial charge in [-0.25, -0.2) is 0 Å². The summed E-state index contributed by atoms with van der Waals surface area (Å²) >= 11 is 0. The number of hydrogen-bond acceptors (Lipinski definition) is 2. The number of terminal acetylenes is 2. The minimum atomic E-state index is 0.782. The molecule has 44 heavy (non-hydrogen) atoms. The van der Waals surface area contributed by atoms with Crippen molar-refractivity contribution in [1.29, 1.82) is 0 Å². The first-order chi connectivity index (χ1) is 21.7. The van der Waals surface area contributed by atoms with Crippen LogP contribution in [-0.4, -0.2) is 0 Å². The Balaban J connectivity index is 1.31. The van der Waals surface area contributed by atoms with Gasteiger partial charge in [0.2, 0.25) is 0 Å². The molecular formula is C42H26O2. The number of hydrogen-bond donors (Lipinski definition) is 0. The van der Waals surface area contributed by atoms with Gasteiger partial charge in [0.15, 0.2) is 0 Å². The third kappa shape index (κ3) is 5.14. The lowest BCUT2D eigenvalue weighted by Crippen LogP contribution is -1.83. The van der Waals surface area contributed by atoms with E-state index in [4.69, 9.17) is 21.7 Å². The smallest absolute Gasteiger partial charge is 0.142 e. The monoisotopic (exact) mass is 562 g/mol. The molecule has 0 N–H and O–H groups in total. The summed E-state index contributed by atoms with van der Waals surface area (Å²) in [5.41, 5.74) is 9.75. The van der Waals surface area contributed by atoms with Crippen molar-refractivity contribution >= 4 is 0 Å². The zero-order valence-corrected chi connectivity index (χ0v) is 23.8. The predicted octanol–water partition coefficient (Wildman–Crippen LogP) is 10.8. The Morgan fingerprint density at radius 3 is 1.05 bits per heavy atom. The third-order valence-electron chi connectivity index (χ3n) is 7.72. The lowest BCUT2D eigenvalue weighted by Gasteiger charge is -2.06. The number of rotatable bonds is 6. The van der Waals surface area contributed by atoms with Crippen LogP contribution in [0.25, 0.3) is 67.5 Å². The van der Waals surface area contributed by atoms with E-state index in [2.05, 4.69) is 72.5 Å². The van der Waals surface area contributed by atoms with E-state index in [9.17, 15) is 0 Å². The Labute approximate surface area is 257 Å². The molecule has 2 heteroatoms. The zero-order chi connectivity index (χ0) is 29.9. The molecular weight excluding hydrogens is 536 g/mol. The molecule has 2 heterocycles. The molecule has 0 saturated carbocycles. The van der Waals surface area contributed by atoms with Gasteiger partial charge in [0.25, 0.3) is 0 Å². The van der Waals surface area contributed by atoms with Crippen molar-refractivity contribution in [3.05, 3.63) is 157 Å². The predicted molar refractivity (Wildman–Crippen MR) is 179 cm³/mol. The maximum absolute atomic E-state index is 6.55. The molecule has 0 radical (unpaired) electrons. The molecule has 0 spiro atoms. The van der Waals surface area contributed by atoms with Gasteiger partial charge in [-0.3, -0.25) is 0 Å². The van der Waals surface area contributed by atoms with Crippen LogP contribution in [-0.2, 0) is 0 Å². The number of furan rings is 2. The molecule has 5 aromatic carbocycles. The first-order valence-electron chi connectivity index (χ1n) is 14.3. The second kappa shape index (κ2) is 11.6. The quantitative estimate of drug-likeness (QED) is 0.188. The molecule has 206 valence electrons. The lowest BCUT2D eigenvalue weighted by molar-refractivity contribution is 0.596. The molecule has 0 aliphatic heterocycles. The fourth-order valence-corrected chi connectivity index (χ4v) is 5.39. The Kier molecular flexibility index (Phi) is 7.01. The lowest BCUT2D eigenvalue weighted by atomic mass is 9.98. The summed E-state index contributed by atoms with van der Waals surface area (Å²) in [4.78, 5) is 0. The van der Waals surface area contributed by atoms with Crippen molar-refractivity contribution in [3.8, 4) is 92.2 Å². The Morgan fingerprint density at radius 2 is 0.705 bits per heavy atom. The second-order valence-corrected chi connectivity index (χ2v) is 10.5. The van der Waals surface area contributed by atoms with Gasteiger partial charge in [0.05, 0.1) is 0 Å². The average molecular weight is 563 g/mol. The maximum Gasteiger partial charge on any atom is 0.142 e. The first-order valence-corrected chi connectivity index (χ1v) is 14.3. The van der Waals surface area contributed by atoms with Gasteiger partial charge in [-0.15, -0.1) is 12.8 Å². The molecule has 0 aliphatic carbocycles. The fraction of sp³-hybridized carbons (Fsp3) is 0. The molecule has 0 bridgehead atoms. The van der Waals surface area contributed by atoms with Crippen LogP contribution in [0.1, 0.15) is 11.1 Å². The highest BCUT2D eigenvalue weighted by atomic mass is 16.3. The molecule has 7 aromatic rings. The van der Waals surface area contributed by atoms with E-state index in [1.807, 2.05) is 84.9 Å². The van der Waals surface area contributed by atoms with Crippen LogP contribution in [0.4, 0.5) is 0 Å². The summed E-state index contributed by atoms with van der Waals surface area (Å²) in [5.74, 6) is 8.52. The van der Waals surface area contributed by atoms with Crippen LogP contribution in [0.5, 0.6) is 0 Å². The molecule has 0 aliphatic rings. The number of benzene rings is 5. The third-order valence-corrected chi connectivity index (χ3v) is 7.72. The summed E-state index contributed by atoms with van der Waals surface area (Å²) in [5, 5.41) is 0. The van der Waals surface area contributed by atoms with Gasteiger partial charge in [0.1, 0.15) is 23.0 Å². The normalized spacial score (nSPS) is 10.7. The van der Waals surface area contributed by atoms with Crippen LogP contribution in [0.2, 0.25) is 0 Å². The van der Waals surface area contributed by atoms with Crippen LogP contribution >= 0.6 is 0 Å². The molecule has 0 fully saturated rings. The molecule has 0 saturated heterocycles. The average Bonchev–Trinajstić information content (AvgIpc) is 3.76. The molecule has 0 atom stereocenters. The van der Waals surface area contributed by atoms with Gasteiger partial charge >= 0.3 is 0 Å². The van der Waals surface area contributed by atoms with E-state index in [1.54, 1.807) is 0 Å². The van der Waals surface area contributed by atoms with Crippen LogP contribution in [0.15, 0.2) is 154 Å². The van der Waals surface area contributed by atoms with Crippen molar-refractivity contribution in [2.24, 2.45) is 0 Å². The van der Waals surface area contributed by atoms with E-state index >= 15 is 0 Å². The van der Waals surface area contributed by atoms with E-state index in [-0.39, 0.29) is 0 Å². The summed E-state index contributed by atoms with van der Waals surface area (Å²) in [6.07, 6.45) is 11.1. The van der Waals surface area contributed by atoms with E-state index in [0.29, 0.717) is 0 Å². The Morgan fingerprint density at radius 1 is 0.364 bits per heavy atom. The highest BCUT2D eigenvalue weighted by Crippen LogP contribution is 2.42. The van der Waals surface area contributed by atoms with Crippen LogP contribution < -0.4 is 0 Å². The van der Waals surface area contributed by atoms with Gasteiger partial charge in [-0.1, -0.05) is 121 Å². The van der Waals surface area contributed by atoms with Crippen molar-refractivity contribution < 1.29 is 8.83 Å². The van der Waals surface area contributed by atoms with E-state index in [1.165, 1.54) is 0 Å². The largest absolute Gasteiger partial charge is 0.455 e. The van der Waals surface area contributed by atoms with Crippen molar-refractivity contribution in [1.82, 2.24) is 0 Å². The molecule has 0 amide bonds. The maximum atomic E-state index is 6.55. The minimum Gasteiger partial charge on any atom is -0.455 e. The van der Waals surface area contributed by atoms with Crippen molar-refractivity contribution in [2.45, 2.75) is 0 Å². The molecule has 2 nitrogen and oxygen atoms in total. The summed E-state index contributed by atoms with van der Waals surface area (Å²) < 4.78 is 13.1. The van der Waals surface area contributed by atoms with E-state index in [0.717, 1.165) is 78.7 Å². The molecule has 7 rings (SSSR count). The van der Waals surface area contributed by atoms with E-state index < -0.39 is 0 Å². The SMILES string of the molecule is C#Cc1ccc(-c2cc(-c3ccccc3)c(-c3ccc(-c4oc(-c5ccc(C#C)cc5)cc4-c4ccccc4)cc3)o2)cc1. The van der Waals surface area contributed by atoms with Gasteiger partial charge in [-0.2, -0.15) is 0 Å². The van der Waals surface area contributed by atoms with Crippen molar-refractivity contribution in [3.63, 3.8) is 0 Å². The fourth-order valence-electron chi connectivity index (χ4n) is 5.39. The van der Waals surface area contributed by atoms with Gasteiger partial charge in [0, 0.05) is 44.5 Å². The summed E-state index contributed by atoms with van der Waals surface area (Å²) in [6, 6.07) is 48.8. The molecule has 0 unspecified atom stereocenters. The van der Waals surface area contributed by atoms with Gasteiger partial charge in [-0.05, 0) is 47.5 Å². The Hall–Kier alpha value is -6.22. The van der Waals surface area contributed by atoms with Crippen LogP contribution in [0, 0.1) is 24.7 Å². The zero-order valence-electron chi connectivity index (χ0n) is 23.8. The van der Waals surface area contributed by atoms with Crippen LogP contribution in [0.3, 0.4) is 0 Å². The second-order valence-electron chi connectivity index (χ2n) is 10.5. The van der Waals surface area contributed by atoms with Crippen molar-refractivity contribution in [2.75, 3.05) is 0 Å². The molecule has 2 aromatic heterocycles. The summed E-state index contributed by atoms with van der Waals surface area (Å²) in [7, 11) is 0. The topological polar surface area (TPSA) is 26.3 Å². The first kappa shape index (κ1) is 26.7. The standard InChI is InChI=1S/C42H26O2/c1-3-29-15-19-33(20-16-29)39-27-37(31-11-7-5-8-12-31)41(43-39)35-23-25-36(26-24-35)42-38(32-13-9-6-10-14-32)28-40(44-42)34-21-17-30(4-2)18-22-34/h1-2,5-28H. The minimum absolute atomic E-state index is 0.782. The highest BCUT2D eigenvalue weighted by molar-refractivity contribution is 5.87. The van der Waals surface area contributed by atoms with Gasteiger partial charge < -0.3 is 8.83 Å².